The van der Waals surface area contributed by atoms with E-state index in [0.717, 1.165) is 11.8 Å². The summed E-state index contributed by atoms with van der Waals surface area (Å²) in [6.45, 7) is 4.90. The molecule has 2 heteroatoms. The molecule has 3 unspecified atom stereocenters. The van der Waals surface area contributed by atoms with Gasteiger partial charge in [-0.25, -0.2) is 0 Å². The number of rotatable bonds is 0. The van der Waals surface area contributed by atoms with E-state index in [0.29, 0.717) is 6.17 Å². The van der Waals surface area contributed by atoms with E-state index in [9.17, 15) is 0 Å². The van der Waals surface area contributed by atoms with Gasteiger partial charge in [-0.3, -0.25) is 4.90 Å². The summed E-state index contributed by atoms with van der Waals surface area (Å²) >= 11 is 0. The Balaban J connectivity index is 2.02. The Morgan fingerprint density at radius 3 is 2.39 bits per heavy atom. The topological polar surface area (TPSA) is 15.3 Å². The Bertz CT molecular complexity index is 229. The maximum atomic E-state index is 3.88. The maximum absolute atomic E-state index is 3.88. The summed E-state index contributed by atoms with van der Waals surface area (Å²) in [5.41, 5.74) is 0. The van der Waals surface area contributed by atoms with Crippen molar-refractivity contribution in [3.05, 3.63) is 0 Å². The highest BCUT2D eigenvalue weighted by Gasteiger charge is 2.26. The molecular weight excluding hydrogens is 220 g/mol. The van der Waals surface area contributed by atoms with Crippen molar-refractivity contribution in [3.8, 4) is 0 Å². The van der Waals surface area contributed by atoms with Crippen molar-refractivity contribution in [2.75, 3.05) is 20.1 Å². The quantitative estimate of drug-likeness (QED) is 0.708. The molecule has 0 amide bonds. The number of fused-ring (bicyclic) bond motifs is 1. The predicted octanol–water partition coefficient (Wildman–Crippen LogP) is 3.62. The molecule has 2 fully saturated rings. The monoisotopic (exact) mass is 252 g/mol. The van der Waals surface area contributed by atoms with Gasteiger partial charge in [0.2, 0.25) is 0 Å². The summed E-state index contributed by atoms with van der Waals surface area (Å²) in [7, 11) is 2.33. The minimum Gasteiger partial charge on any atom is -0.301 e. The second kappa shape index (κ2) is 7.49. The highest BCUT2D eigenvalue weighted by atomic mass is 15.3. The minimum atomic E-state index is 0.642. The molecular formula is C16H32N2. The summed E-state index contributed by atoms with van der Waals surface area (Å²) < 4.78 is 0. The van der Waals surface area contributed by atoms with E-state index in [4.69, 9.17) is 0 Å². The lowest BCUT2D eigenvalue weighted by atomic mass is 9.92. The first-order chi connectivity index (χ1) is 8.77. The van der Waals surface area contributed by atoms with Crippen molar-refractivity contribution in [3.63, 3.8) is 0 Å². The molecule has 0 aromatic heterocycles. The van der Waals surface area contributed by atoms with Crippen LogP contribution in [0.4, 0.5) is 0 Å². The molecule has 0 aliphatic carbocycles. The summed E-state index contributed by atoms with van der Waals surface area (Å²) in [6.07, 6.45) is 13.5. The SMILES string of the molecule is CC1CCCCC2CCCCCCN(C)C2NC1. The summed E-state index contributed by atoms with van der Waals surface area (Å²) in [4.78, 5) is 2.61. The number of nitrogens with zero attached hydrogens (tertiary/aromatic N) is 1. The van der Waals surface area contributed by atoms with Gasteiger partial charge in [-0.05, 0) is 57.7 Å². The van der Waals surface area contributed by atoms with Gasteiger partial charge >= 0.3 is 0 Å². The van der Waals surface area contributed by atoms with E-state index in [2.05, 4.69) is 24.2 Å². The van der Waals surface area contributed by atoms with Gasteiger partial charge in [0.15, 0.2) is 0 Å². The summed E-state index contributed by atoms with van der Waals surface area (Å²) in [5, 5.41) is 3.88. The molecule has 2 nitrogen and oxygen atoms in total. The highest BCUT2D eigenvalue weighted by Crippen LogP contribution is 2.27. The van der Waals surface area contributed by atoms with Crippen LogP contribution in [-0.2, 0) is 0 Å². The van der Waals surface area contributed by atoms with Crippen LogP contribution in [-0.4, -0.2) is 31.2 Å². The molecule has 0 saturated carbocycles. The van der Waals surface area contributed by atoms with Crippen LogP contribution < -0.4 is 5.32 Å². The van der Waals surface area contributed by atoms with Gasteiger partial charge in [-0.2, -0.15) is 0 Å². The molecule has 0 aromatic carbocycles. The van der Waals surface area contributed by atoms with Gasteiger partial charge in [0.05, 0.1) is 6.17 Å². The van der Waals surface area contributed by atoms with Gasteiger partial charge in [0.1, 0.15) is 0 Å². The number of hydrogen-bond acceptors (Lipinski definition) is 2. The second-order valence-corrected chi connectivity index (χ2v) is 6.69. The van der Waals surface area contributed by atoms with Gasteiger partial charge in [0.25, 0.3) is 0 Å². The molecule has 2 heterocycles. The standard InChI is InChI=1S/C16H32N2/c1-14-9-6-7-11-15-10-5-3-4-8-12-18(2)16(15)17-13-14/h14-17H,3-13H2,1-2H3. The Hall–Kier alpha value is -0.0800. The molecule has 0 radical (unpaired) electrons. The van der Waals surface area contributed by atoms with E-state index >= 15 is 0 Å². The predicted molar refractivity (Wildman–Crippen MR) is 78.6 cm³/mol. The fraction of sp³-hybridized carbons (Fsp3) is 1.00. The lowest BCUT2D eigenvalue weighted by molar-refractivity contribution is 0.128. The normalized spacial score (nSPS) is 37.3. The molecule has 0 bridgehead atoms. The largest absolute Gasteiger partial charge is 0.301 e. The van der Waals surface area contributed by atoms with Crippen LogP contribution in [0.3, 0.4) is 0 Å². The van der Waals surface area contributed by atoms with Crippen molar-refractivity contribution in [2.24, 2.45) is 11.8 Å². The zero-order chi connectivity index (χ0) is 12.8. The smallest absolute Gasteiger partial charge is 0.0623 e. The molecule has 1 N–H and O–H groups in total. The number of nitrogens with one attached hydrogen (secondary N) is 1. The van der Waals surface area contributed by atoms with Crippen molar-refractivity contribution in [1.82, 2.24) is 10.2 Å². The molecule has 2 saturated heterocycles. The average molecular weight is 252 g/mol. The third-order valence-corrected chi connectivity index (χ3v) is 4.95. The Morgan fingerprint density at radius 2 is 1.56 bits per heavy atom. The molecule has 0 aromatic rings. The lowest BCUT2D eigenvalue weighted by Crippen LogP contribution is -2.49. The fourth-order valence-electron chi connectivity index (χ4n) is 3.73. The van der Waals surface area contributed by atoms with E-state index in [-0.39, 0.29) is 0 Å². The van der Waals surface area contributed by atoms with Crippen molar-refractivity contribution in [1.29, 1.82) is 0 Å². The first-order valence-electron chi connectivity index (χ1n) is 8.21. The van der Waals surface area contributed by atoms with E-state index in [1.54, 1.807) is 0 Å². The fourth-order valence-corrected chi connectivity index (χ4v) is 3.73. The number of hydrogen-bond donors (Lipinski definition) is 1. The van der Waals surface area contributed by atoms with Crippen LogP contribution in [0.15, 0.2) is 0 Å². The zero-order valence-corrected chi connectivity index (χ0v) is 12.5. The van der Waals surface area contributed by atoms with Crippen molar-refractivity contribution >= 4 is 0 Å². The third-order valence-electron chi connectivity index (χ3n) is 4.95. The van der Waals surface area contributed by atoms with E-state index in [1.807, 2.05) is 0 Å². The summed E-state index contributed by atoms with van der Waals surface area (Å²) in [6, 6.07) is 0. The highest BCUT2D eigenvalue weighted by molar-refractivity contribution is 4.80. The Morgan fingerprint density at radius 1 is 0.889 bits per heavy atom. The molecule has 2 aliphatic heterocycles. The molecule has 3 atom stereocenters. The zero-order valence-electron chi connectivity index (χ0n) is 12.5. The van der Waals surface area contributed by atoms with Gasteiger partial charge in [-0.1, -0.05) is 39.0 Å². The first-order valence-corrected chi connectivity index (χ1v) is 8.21. The first kappa shape index (κ1) is 14.3. The average Bonchev–Trinajstić information content (AvgIpc) is 2.49. The molecule has 18 heavy (non-hydrogen) atoms. The Labute approximate surface area is 114 Å². The van der Waals surface area contributed by atoms with Crippen molar-refractivity contribution in [2.45, 2.75) is 70.9 Å². The van der Waals surface area contributed by atoms with Crippen molar-refractivity contribution < 1.29 is 0 Å². The maximum Gasteiger partial charge on any atom is 0.0623 e. The van der Waals surface area contributed by atoms with E-state index < -0.39 is 0 Å². The van der Waals surface area contributed by atoms with Crippen LogP contribution in [0.2, 0.25) is 0 Å². The van der Waals surface area contributed by atoms with Gasteiger partial charge < -0.3 is 5.32 Å². The van der Waals surface area contributed by atoms with Crippen LogP contribution in [0.5, 0.6) is 0 Å². The molecule has 2 rings (SSSR count). The lowest BCUT2D eigenvalue weighted by Gasteiger charge is -2.35. The van der Waals surface area contributed by atoms with Crippen LogP contribution in [0.25, 0.3) is 0 Å². The van der Waals surface area contributed by atoms with Gasteiger partial charge in [-0.15, -0.1) is 0 Å². The summed E-state index contributed by atoms with van der Waals surface area (Å²) in [5.74, 6) is 1.74. The van der Waals surface area contributed by atoms with Crippen LogP contribution >= 0.6 is 0 Å². The minimum absolute atomic E-state index is 0.642. The molecule has 0 spiro atoms. The van der Waals surface area contributed by atoms with E-state index in [1.165, 1.54) is 70.9 Å². The van der Waals surface area contributed by atoms with Gasteiger partial charge in [0, 0.05) is 0 Å². The van der Waals surface area contributed by atoms with Crippen LogP contribution in [0.1, 0.15) is 64.7 Å². The Kier molecular flexibility index (Phi) is 5.97. The third kappa shape index (κ3) is 4.24. The molecule has 2 aliphatic rings. The van der Waals surface area contributed by atoms with Crippen LogP contribution in [0, 0.1) is 11.8 Å². The molecule has 106 valence electrons. The second-order valence-electron chi connectivity index (χ2n) is 6.69.